The zero-order valence-electron chi connectivity index (χ0n) is 21.8. The monoisotopic (exact) mass is 535 g/mol. The molecule has 5 nitrogen and oxygen atoms in total. The van der Waals surface area contributed by atoms with Crippen LogP contribution in [0.15, 0.2) is 121 Å². The summed E-state index contributed by atoms with van der Waals surface area (Å²) in [5.74, 6) is 0.713. The van der Waals surface area contributed by atoms with Crippen molar-refractivity contribution in [2.75, 3.05) is 5.73 Å². The van der Waals surface area contributed by atoms with Gasteiger partial charge < -0.3 is 20.5 Å². The fourth-order valence-corrected chi connectivity index (χ4v) is 8.60. The number of para-hydroxylation sites is 1. The minimum absolute atomic E-state index is 0.0919. The van der Waals surface area contributed by atoms with Crippen LogP contribution in [0.2, 0.25) is 0 Å². The molecule has 0 aliphatic carbocycles. The van der Waals surface area contributed by atoms with Crippen molar-refractivity contribution < 1.29 is 19.3 Å². The highest BCUT2D eigenvalue weighted by molar-refractivity contribution is 7.69. The van der Waals surface area contributed by atoms with Gasteiger partial charge in [0.1, 0.15) is 22.4 Å². The summed E-state index contributed by atoms with van der Waals surface area (Å²) in [6.45, 7) is 4.00. The highest BCUT2D eigenvalue weighted by atomic mass is 31.2. The summed E-state index contributed by atoms with van der Waals surface area (Å²) in [5, 5.41) is 19.5. The van der Waals surface area contributed by atoms with Crippen LogP contribution in [0, 0.1) is 0 Å². The average molecular weight is 536 g/mol. The SMILES string of the molecule is CC.Nc1ccc(C(c2ccc(O)cc2)(c2ccc(O)cc2)P2(=O)Oc3ccccc3-c3ccccc32)cc1. The van der Waals surface area contributed by atoms with Gasteiger partial charge in [-0.1, -0.05) is 86.6 Å². The predicted octanol–water partition coefficient (Wildman–Crippen LogP) is 7.66. The first-order valence-corrected chi connectivity index (χ1v) is 14.5. The Labute approximate surface area is 228 Å². The molecule has 1 atom stereocenters. The molecular weight excluding hydrogens is 505 g/mol. The van der Waals surface area contributed by atoms with Crippen LogP contribution in [0.1, 0.15) is 30.5 Å². The van der Waals surface area contributed by atoms with Gasteiger partial charge in [0, 0.05) is 11.3 Å². The topological polar surface area (TPSA) is 92.8 Å². The summed E-state index contributed by atoms with van der Waals surface area (Å²) in [5.41, 5.74) is 10.4. The third kappa shape index (κ3) is 4.16. The number of phenolic OH excluding ortho intramolecular Hbond substituents is 2. The van der Waals surface area contributed by atoms with Crippen molar-refractivity contribution >= 4 is 18.4 Å². The summed E-state index contributed by atoms with van der Waals surface area (Å²) < 4.78 is 22.6. The first-order chi connectivity index (χ1) is 18.9. The van der Waals surface area contributed by atoms with Crippen LogP contribution >= 0.6 is 7.37 Å². The second-order valence-electron chi connectivity index (χ2n) is 9.08. The van der Waals surface area contributed by atoms with Gasteiger partial charge >= 0.3 is 0 Å². The largest absolute Gasteiger partial charge is 0.508 e. The van der Waals surface area contributed by atoms with E-state index in [0.29, 0.717) is 33.4 Å². The average Bonchev–Trinajstić information content (AvgIpc) is 2.97. The van der Waals surface area contributed by atoms with Gasteiger partial charge in [-0.3, -0.25) is 4.57 Å². The first-order valence-electron chi connectivity index (χ1n) is 12.9. The lowest BCUT2D eigenvalue weighted by Crippen LogP contribution is -2.37. The Morgan fingerprint density at radius 2 is 1.05 bits per heavy atom. The molecule has 0 radical (unpaired) electrons. The summed E-state index contributed by atoms with van der Waals surface area (Å²) in [6, 6.07) is 35.9. The molecule has 0 saturated carbocycles. The molecule has 0 fully saturated rings. The fourth-order valence-electron chi connectivity index (χ4n) is 5.30. The lowest BCUT2D eigenvalue weighted by Gasteiger charge is -2.44. The van der Waals surface area contributed by atoms with Crippen LogP contribution in [-0.2, 0) is 9.72 Å². The van der Waals surface area contributed by atoms with Crippen molar-refractivity contribution in [2.24, 2.45) is 0 Å². The molecule has 0 bridgehead atoms. The second kappa shape index (κ2) is 10.4. The molecule has 1 aliphatic rings. The standard InChI is InChI=1S/C31H24NO4P.C2H6/c32-24-15-9-21(10-16-24)31(22-11-17-25(33)18-12-22,23-13-19-26(34)20-14-23)37(35)30-8-4-2-6-28(30)27-5-1-3-7-29(27)36-37;1-2/h1-20,33-34H,32H2;1-2H3. The minimum atomic E-state index is -3.89. The quantitative estimate of drug-likeness (QED) is 0.125. The Hall–Kier alpha value is -4.47. The van der Waals surface area contributed by atoms with E-state index in [1.165, 1.54) is 0 Å². The lowest BCUT2D eigenvalue weighted by atomic mass is 9.83. The Morgan fingerprint density at radius 3 is 1.59 bits per heavy atom. The van der Waals surface area contributed by atoms with Gasteiger partial charge in [-0.15, -0.1) is 0 Å². The van der Waals surface area contributed by atoms with Gasteiger partial charge in [0.15, 0.2) is 0 Å². The van der Waals surface area contributed by atoms with E-state index in [2.05, 4.69) is 0 Å². The molecule has 1 unspecified atom stereocenters. The smallest absolute Gasteiger partial charge is 0.296 e. The van der Waals surface area contributed by atoms with Gasteiger partial charge in [-0.25, -0.2) is 0 Å². The van der Waals surface area contributed by atoms with Crippen LogP contribution in [0.3, 0.4) is 0 Å². The molecule has 1 aliphatic heterocycles. The molecule has 1 heterocycles. The van der Waals surface area contributed by atoms with Crippen molar-refractivity contribution in [1.82, 2.24) is 0 Å². The van der Waals surface area contributed by atoms with E-state index in [4.69, 9.17) is 10.3 Å². The first kappa shape index (κ1) is 26.1. The zero-order chi connectivity index (χ0) is 27.6. The summed E-state index contributed by atoms with van der Waals surface area (Å²) in [7, 11) is -3.89. The van der Waals surface area contributed by atoms with Crippen LogP contribution in [0.5, 0.6) is 17.2 Å². The lowest BCUT2D eigenvalue weighted by molar-refractivity contribution is 0.464. The molecule has 4 N–H and O–H groups in total. The predicted molar refractivity (Wildman–Crippen MR) is 158 cm³/mol. The third-order valence-corrected chi connectivity index (χ3v) is 10.1. The third-order valence-electron chi connectivity index (χ3n) is 6.97. The van der Waals surface area contributed by atoms with E-state index in [0.717, 1.165) is 11.1 Å². The normalized spacial score (nSPS) is 15.6. The molecule has 5 aromatic carbocycles. The van der Waals surface area contributed by atoms with E-state index >= 15 is 4.57 Å². The van der Waals surface area contributed by atoms with Gasteiger partial charge in [0.2, 0.25) is 0 Å². The number of nitrogen functional groups attached to an aromatic ring is 1. The number of hydrogen-bond donors (Lipinski definition) is 3. The number of aromatic hydroxyl groups is 2. The second-order valence-corrected chi connectivity index (χ2v) is 11.5. The van der Waals surface area contributed by atoms with Gasteiger partial charge in [0.05, 0.1) is 5.30 Å². The molecule has 0 spiro atoms. The van der Waals surface area contributed by atoms with E-state index < -0.39 is 12.5 Å². The fraction of sp³-hybridized carbons (Fsp3) is 0.0909. The van der Waals surface area contributed by atoms with E-state index in [1.807, 2.05) is 74.5 Å². The number of fused-ring (bicyclic) bond motifs is 3. The van der Waals surface area contributed by atoms with Crippen molar-refractivity contribution in [3.63, 3.8) is 0 Å². The van der Waals surface area contributed by atoms with Crippen molar-refractivity contribution in [1.29, 1.82) is 0 Å². The zero-order valence-corrected chi connectivity index (χ0v) is 22.7. The molecule has 6 rings (SSSR count). The molecular formula is C33H30NO4P. The highest BCUT2D eigenvalue weighted by Crippen LogP contribution is 2.71. The molecule has 0 aromatic heterocycles. The van der Waals surface area contributed by atoms with Crippen LogP contribution in [0.4, 0.5) is 5.69 Å². The van der Waals surface area contributed by atoms with Gasteiger partial charge in [0.25, 0.3) is 7.37 Å². The molecule has 196 valence electrons. The van der Waals surface area contributed by atoms with Crippen LogP contribution < -0.4 is 15.6 Å². The van der Waals surface area contributed by atoms with Crippen molar-refractivity contribution in [3.05, 3.63) is 138 Å². The Bertz CT molecular complexity index is 1530. The molecule has 6 heteroatoms. The minimum Gasteiger partial charge on any atom is -0.508 e. The van der Waals surface area contributed by atoms with E-state index in [-0.39, 0.29) is 11.5 Å². The van der Waals surface area contributed by atoms with Crippen molar-refractivity contribution in [2.45, 2.75) is 19.0 Å². The highest BCUT2D eigenvalue weighted by Gasteiger charge is 2.57. The maximum Gasteiger partial charge on any atom is 0.296 e. The maximum absolute atomic E-state index is 15.9. The molecule has 5 aromatic rings. The van der Waals surface area contributed by atoms with Gasteiger partial charge in [-0.2, -0.15) is 0 Å². The number of rotatable bonds is 4. The molecule has 0 saturated heterocycles. The van der Waals surface area contributed by atoms with Gasteiger partial charge in [-0.05, 0) is 70.8 Å². The number of phenols is 2. The maximum atomic E-state index is 15.9. The summed E-state index contributed by atoms with van der Waals surface area (Å²) >= 11 is 0. The van der Waals surface area contributed by atoms with E-state index in [9.17, 15) is 10.2 Å². The number of benzene rings is 5. The summed E-state index contributed by atoms with van der Waals surface area (Å²) in [6.07, 6.45) is 0. The van der Waals surface area contributed by atoms with Crippen LogP contribution in [-0.4, -0.2) is 10.2 Å². The molecule has 0 amide bonds. The Kier molecular flexibility index (Phi) is 6.94. The summed E-state index contributed by atoms with van der Waals surface area (Å²) in [4.78, 5) is 0. The Balaban J connectivity index is 0.00000151. The number of nitrogens with two attached hydrogens (primary N) is 1. The number of hydrogen-bond acceptors (Lipinski definition) is 5. The van der Waals surface area contributed by atoms with E-state index in [1.54, 1.807) is 60.7 Å². The molecule has 39 heavy (non-hydrogen) atoms. The number of anilines is 1. The Morgan fingerprint density at radius 1 is 0.615 bits per heavy atom. The van der Waals surface area contributed by atoms with Crippen molar-refractivity contribution in [3.8, 4) is 28.4 Å². The van der Waals surface area contributed by atoms with Crippen LogP contribution in [0.25, 0.3) is 11.1 Å².